The van der Waals surface area contributed by atoms with Crippen LogP contribution in [0.3, 0.4) is 0 Å². The van der Waals surface area contributed by atoms with Crippen molar-refractivity contribution in [2.75, 3.05) is 13.1 Å². The number of carbonyl (C=O) groups is 2. The molecule has 1 aliphatic heterocycles. The second-order valence-electron chi connectivity index (χ2n) is 8.87. The molecule has 0 saturated heterocycles. The number of unbranched alkanes of at least 4 members (excludes halogenated alkanes) is 1. The van der Waals surface area contributed by atoms with Crippen molar-refractivity contribution in [1.82, 2.24) is 10.2 Å². The third kappa shape index (κ3) is 5.65. The third-order valence-electron chi connectivity index (χ3n) is 6.75. The first-order valence-corrected chi connectivity index (χ1v) is 12.0. The molecular formula is C24H35N3O2S. The van der Waals surface area contributed by atoms with Gasteiger partial charge in [0.15, 0.2) is 0 Å². The number of thiocarbonyl (C=S) groups is 1. The van der Waals surface area contributed by atoms with Crippen LogP contribution in [0.15, 0.2) is 29.3 Å². The summed E-state index contributed by atoms with van der Waals surface area (Å²) in [4.78, 5) is 31.6. The van der Waals surface area contributed by atoms with Crippen LogP contribution in [0.25, 0.3) is 0 Å². The lowest BCUT2D eigenvalue weighted by Gasteiger charge is -2.35. The summed E-state index contributed by atoms with van der Waals surface area (Å²) < 4.78 is 0. The SMILES string of the molecule is CCCCC(CC)CNC(=O)C1CCC(CN2C(=O)C3C=CC=CC3=NC2=S)CC1. The molecule has 2 unspecified atom stereocenters. The summed E-state index contributed by atoms with van der Waals surface area (Å²) in [6.07, 6.45) is 16.0. The minimum Gasteiger partial charge on any atom is -0.356 e. The molecular weight excluding hydrogens is 394 g/mol. The normalized spacial score (nSPS) is 26.9. The number of hydrogen-bond acceptors (Lipinski definition) is 3. The van der Waals surface area contributed by atoms with Gasteiger partial charge >= 0.3 is 0 Å². The first kappa shape index (κ1) is 22.9. The number of amides is 2. The lowest BCUT2D eigenvalue weighted by atomic mass is 9.81. The standard InChI is InChI=1S/C24H35N3O2S/c1-3-5-8-17(4-2)15-25-22(28)19-13-11-18(12-14-19)16-27-23(29)20-9-6-7-10-21(20)26-24(27)30/h6-7,9-10,17-20H,3-5,8,11-16H2,1-2H3,(H,25,28). The molecule has 3 aliphatic rings. The maximum atomic E-state index is 12.9. The predicted octanol–water partition coefficient (Wildman–Crippen LogP) is 4.44. The zero-order chi connectivity index (χ0) is 21.5. The van der Waals surface area contributed by atoms with E-state index in [2.05, 4.69) is 24.2 Å². The molecule has 30 heavy (non-hydrogen) atoms. The zero-order valence-electron chi connectivity index (χ0n) is 18.3. The Morgan fingerprint density at radius 2 is 2.03 bits per heavy atom. The molecule has 6 heteroatoms. The maximum absolute atomic E-state index is 12.9. The van der Waals surface area contributed by atoms with Gasteiger partial charge in [-0.25, -0.2) is 4.99 Å². The van der Waals surface area contributed by atoms with E-state index in [1.807, 2.05) is 24.3 Å². The number of nitrogens with zero attached hydrogens (tertiary/aromatic N) is 2. The molecule has 0 aromatic rings. The van der Waals surface area contributed by atoms with Crippen molar-refractivity contribution in [3.05, 3.63) is 24.3 Å². The second kappa shape index (κ2) is 11.0. The van der Waals surface area contributed by atoms with Crippen LogP contribution in [0.4, 0.5) is 0 Å². The van der Waals surface area contributed by atoms with Gasteiger partial charge in [0.05, 0.1) is 11.6 Å². The maximum Gasteiger partial charge on any atom is 0.241 e. The van der Waals surface area contributed by atoms with E-state index in [1.165, 1.54) is 19.3 Å². The highest BCUT2D eigenvalue weighted by molar-refractivity contribution is 7.80. The Kier molecular flexibility index (Phi) is 8.37. The van der Waals surface area contributed by atoms with E-state index in [0.717, 1.165) is 44.4 Å². The van der Waals surface area contributed by atoms with E-state index in [-0.39, 0.29) is 23.7 Å². The molecule has 0 aromatic heterocycles. The number of nitrogens with one attached hydrogen (secondary N) is 1. The quantitative estimate of drug-likeness (QED) is 0.551. The van der Waals surface area contributed by atoms with Gasteiger partial charge in [-0.1, -0.05) is 51.3 Å². The third-order valence-corrected chi connectivity index (χ3v) is 7.07. The minimum absolute atomic E-state index is 0.0307. The molecule has 5 nitrogen and oxygen atoms in total. The van der Waals surface area contributed by atoms with Crippen molar-refractivity contribution >= 4 is 34.9 Å². The van der Waals surface area contributed by atoms with E-state index in [9.17, 15) is 9.59 Å². The fraction of sp³-hybridized carbons (Fsp3) is 0.667. The zero-order valence-corrected chi connectivity index (χ0v) is 19.1. The van der Waals surface area contributed by atoms with Crippen LogP contribution in [-0.4, -0.2) is 40.6 Å². The van der Waals surface area contributed by atoms with E-state index in [1.54, 1.807) is 4.90 Å². The monoisotopic (exact) mass is 429 g/mol. The van der Waals surface area contributed by atoms with Gasteiger partial charge in [0.2, 0.25) is 16.9 Å². The van der Waals surface area contributed by atoms with E-state index < -0.39 is 0 Å². The number of fused-ring (bicyclic) bond motifs is 1. The second-order valence-corrected chi connectivity index (χ2v) is 9.23. The summed E-state index contributed by atoms with van der Waals surface area (Å²) in [5, 5.41) is 3.58. The van der Waals surface area contributed by atoms with Crippen LogP contribution >= 0.6 is 12.2 Å². The van der Waals surface area contributed by atoms with Gasteiger partial charge in [-0.15, -0.1) is 0 Å². The summed E-state index contributed by atoms with van der Waals surface area (Å²) >= 11 is 5.40. The van der Waals surface area contributed by atoms with Gasteiger partial charge < -0.3 is 5.32 Å². The van der Waals surface area contributed by atoms with Gasteiger partial charge in [-0.05, 0) is 62.2 Å². The average Bonchev–Trinajstić information content (AvgIpc) is 2.77. The summed E-state index contributed by atoms with van der Waals surface area (Å²) in [6, 6.07) is 0. The molecule has 0 aromatic carbocycles. The lowest BCUT2D eigenvalue weighted by Crippen LogP contribution is -2.48. The Bertz CT molecular complexity index is 735. The van der Waals surface area contributed by atoms with Crippen molar-refractivity contribution in [2.45, 2.75) is 65.2 Å². The molecule has 0 radical (unpaired) electrons. The molecule has 0 spiro atoms. The van der Waals surface area contributed by atoms with Crippen molar-refractivity contribution < 1.29 is 9.59 Å². The summed E-state index contributed by atoms with van der Waals surface area (Å²) in [5.41, 5.74) is 0.744. The van der Waals surface area contributed by atoms with Gasteiger partial charge in [-0.2, -0.15) is 0 Å². The fourth-order valence-corrected chi connectivity index (χ4v) is 4.92. The van der Waals surface area contributed by atoms with Crippen LogP contribution in [0.2, 0.25) is 0 Å². The number of aliphatic imine (C=N–C) groups is 1. The number of allylic oxidation sites excluding steroid dienone is 3. The van der Waals surface area contributed by atoms with E-state index in [0.29, 0.717) is 23.5 Å². The van der Waals surface area contributed by atoms with E-state index in [4.69, 9.17) is 12.2 Å². The molecule has 1 heterocycles. The smallest absolute Gasteiger partial charge is 0.241 e. The minimum atomic E-state index is -0.303. The molecule has 1 fully saturated rings. The number of hydrogen-bond donors (Lipinski definition) is 1. The molecule has 2 amide bonds. The summed E-state index contributed by atoms with van der Waals surface area (Å²) in [5.74, 6) is 1.01. The molecule has 2 atom stereocenters. The average molecular weight is 430 g/mol. The number of carbonyl (C=O) groups excluding carboxylic acids is 2. The summed E-state index contributed by atoms with van der Waals surface area (Å²) in [6.45, 7) is 5.83. The van der Waals surface area contributed by atoms with Crippen LogP contribution in [0.5, 0.6) is 0 Å². The molecule has 1 N–H and O–H groups in total. The summed E-state index contributed by atoms with van der Waals surface area (Å²) in [7, 11) is 0. The highest BCUT2D eigenvalue weighted by Gasteiger charge is 2.36. The molecule has 164 valence electrons. The predicted molar refractivity (Wildman–Crippen MR) is 125 cm³/mol. The van der Waals surface area contributed by atoms with Gasteiger partial charge in [-0.3, -0.25) is 14.5 Å². The van der Waals surface area contributed by atoms with Crippen LogP contribution < -0.4 is 5.32 Å². The van der Waals surface area contributed by atoms with Crippen molar-refractivity contribution in [3.63, 3.8) is 0 Å². The highest BCUT2D eigenvalue weighted by Crippen LogP contribution is 2.31. The molecule has 3 rings (SSSR count). The number of rotatable bonds is 9. The Morgan fingerprint density at radius 1 is 1.27 bits per heavy atom. The van der Waals surface area contributed by atoms with Crippen LogP contribution in [0.1, 0.15) is 65.2 Å². The molecule has 2 aliphatic carbocycles. The first-order chi connectivity index (χ1) is 14.5. The Balaban J connectivity index is 1.45. The van der Waals surface area contributed by atoms with Crippen LogP contribution in [-0.2, 0) is 9.59 Å². The fourth-order valence-electron chi connectivity index (χ4n) is 4.65. The van der Waals surface area contributed by atoms with Crippen molar-refractivity contribution in [3.8, 4) is 0 Å². The Labute approximate surface area is 186 Å². The first-order valence-electron chi connectivity index (χ1n) is 11.6. The van der Waals surface area contributed by atoms with Crippen molar-refractivity contribution in [1.29, 1.82) is 0 Å². The topological polar surface area (TPSA) is 61.8 Å². The molecule has 1 saturated carbocycles. The molecule has 0 bridgehead atoms. The van der Waals surface area contributed by atoms with Crippen molar-refractivity contribution in [2.24, 2.45) is 28.7 Å². The largest absolute Gasteiger partial charge is 0.356 e. The highest BCUT2D eigenvalue weighted by atomic mass is 32.1. The Hall–Kier alpha value is -1.82. The Morgan fingerprint density at radius 3 is 2.73 bits per heavy atom. The van der Waals surface area contributed by atoms with Gasteiger partial charge in [0.25, 0.3) is 0 Å². The van der Waals surface area contributed by atoms with Crippen LogP contribution in [0, 0.1) is 23.7 Å². The van der Waals surface area contributed by atoms with E-state index >= 15 is 0 Å². The van der Waals surface area contributed by atoms with Gasteiger partial charge in [0.1, 0.15) is 0 Å². The van der Waals surface area contributed by atoms with Gasteiger partial charge in [0, 0.05) is 19.0 Å². The lowest BCUT2D eigenvalue weighted by molar-refractivity contribution is -0.130.